The molecule has 2 aliphatic rings. The molecule has 0 amide bonds. The molecule has 0 saturated carbocycles. The van der Waals surface area contributed by atoms with Crippen LogP contribution in [0.4, 0.5) is 0 Å². The van der Waals surface area contributed by atoms with Crippen molar-refractivity contribution in [2.45, 2.75) is 31.7 Å². The molecule has 1 N–H and O–H groups in total. The number of nitrogens with one attached hydrogen (secondary N) is 1. The summed E-state index contributed by atoms with van der Waals surface area (Å²) in [7, 11) is 0. The quantitative estimate of drug-likeness (QED) is 0.762. The minimum Gasteiger partial charge on any atom is -0.382 e. The summed E-state index contributed by atoms with van der Waals surface area (Å²) < 4.78 is 10.7. The Balaban J connectivity index is 1.71. The van der Waals surface area contributed by atoms with Gasteiger partial charge in [-0.1, -0.05) is 11.8 Å². The second-order valence-corrected chi connectivity index (χ2v) is 5.51. The van der Waals surface area contributed by atoms with Gasteiger partial charge in [0.2, 0.25) is 0 Å². The van der Waals surface area contributed by atoms with E-state index in [0.29, 0.717) is 0 Å². The van der Waals surface area contributed by atoms with Crippen LogP contribution < -0.4 is 5.32 Å². The molecule has 98 valence electrons. The van der Waals surface area contributed by atoms with Crippen molar-refractivity contribution in [1.29, 1.82) is 0 Å². The Morgan fingerprint density at radius 3 is 3.06 bits per heavy atom. The summed E-state index contributed by atoms with van der Waals surface area (Å²) in [6.45, 7) is 6.26. The van der Waals surface area contributed by atoms with Crippen LogP contribution in [0.2, 0.25) is 0 Å². The minimum absolute atomic E-state index is 0.266. The van der Waals surface area contributed by atoms with Crippen molar-refractivity contribution in [1.82, 2.24) is 5.32 Å². The maximum Gasteiger partial charge on any atom is 0.157 e. The molecule has 2 heterocycles. The molecule has 17 heavy (non-hydrogen) atoms. The highest BCUT2D eigenvalue weighted by atomic mass is 32.2. The molecule has 0 bridgehead atoms. The van der Waals surface area contributed by atoms with E-state index >= 15 is 0 Å². The van der Waals surface area contributed by atoms with Crippen molar-refractivity contribution in [3.8, 4) is 0 Å². The van der Waals surface area contributed by atoms with Gasteiger partial charge in [-0.2, -0.15) is 0 Å². The fraction of sp³-hybridized carbons (Fsp3) is 0.917. The molecule has 2 aliphatic heterocycles. The summed E-state index contributed by atoms with van der Waals surface area (Å²) in [5.74, 6) is 1.14. The van der Waals surface area contributed by atoms with Crippen LogP contribution in [0.25, 0.3) is 0 Å². The topological polar surface area (TPSA) is 42.8 Å². The molecular formula is C12H22N2O2S. The highest BCUT2D eigenvalue weighted by molar-refractivity contribution is 8.14. The SMILES string of the molecule is CCOCCCN=C1NC2(CCOCC2)CS1. The highest BCUT2D eigenvalue weighted by Gasteiger charge is 2.38. The van der Waals surface area contributed by atoms with Crippen molar-refractivity contribution in [2.75, 3.05) is 38.7 Å². The van der Waals surface area contributed by atoms with Gasteiger partial charge in [0.15, 0.2) is 5.17 Å². The molecule has 0 atom stereocenters. The average Bonchev–Trinajstić information content (AvgIpc) is 2.73. The predicted octanol–water partition coefficient (Wildman–Crippen LogP) is 1.65. The Morgan fingerprint density at radius 1 is 1.47 bits per heavy atom. The van der Waals surface area contributed by atoms with Gasteiger partial charge in [-0.15, -0.1) is 0 Å². The Hall–Kier alpha value is -0.260. The summed E-state index contributed by atoms with van der Waals surface area (Å²) in [6.07, 6.45) is 3.23. The average molecular weight is 258 g/mol. The summed E-state index contributed by atoms with van der Waals surface area (Å²) in [4.78, 5) is 4.59. The molecule has 0 aromatic rings. The van der Waals surface area contributed by atoms with Gasteiger partial charge in [0.1, 0.15) is 0 Å². The normalized spacial score (nSPS) is 25.4. The van der Waals surface area contributed by atoms with Crippen molar-refractivity contribution in [3.63, 3.8) is 0 Å². The molecule has 0 radical (unpaired) electrons. The molecule has 4 nitrogen and oxygen atoms in total. The lowest BCUT2D eigenvalue weighted by atomic mass is 9.93. The van der Waals surface area contributed by atoms with Gasteiger partial charge in [-0.25, -0.2) is 0 Å². The van der Waals surface area contributed by atoms with E-state index < -0.39 is 0 Å². The number of hydrogen-bond donors (Lipinski definition) is 1. The first-order valence-corrected chi connectivity index (χ1v) is 7.44. The highest BCUT2D eigenvalue weighted by Crippen LogP contribution is 2.31. The van der Waals surface area contributed by atoms with Gasteiger partial charge < -0.3 is 14.8 Å². The van der Waals surface area contributed by atoms with E-state index in [1.165, 1.54) is 0 Å². The third-order valence-corrected chi connectivity index (χ3v) is 4.42. The van der Waals surface area contributed by atoms with Crippen LogP contribution in [0.5, 0.6) is 0 Å². The molecule has 0 aromatic heterocycles. The second-order valence-electron chi connectivity index (χ2n) is 4.54. The van der Waals surface area contributed by atoms with E-state index in [1.54, 1.807) is 0 Å². The number of hydrogen-bond acceptors (Lipinski definition) is 4. The van der Waals surface area contributed by atoms with Gasteiger partial charge in [-0.3, -0.25) is 4.99 Å². The van der Waals surface area contributed by atoms with Crippen LogP contribution in [0.3, 0.4) is 0 Å². The minimum atomic E-state index is 0.266. The Labute approximate surface area is 108 Å². The van der Waals surface area contributed by atoms with Gasteiger partial charge in [0.25, 0.3) is 0 Å². The monoisotopic (exact) mass is 258 g/mol. The first-order chi connectivity index (χ1) is 8.35. The molecule has 0 unspecified atom stereocenters. The van der Waals surface area contributed by atoms with Crippen molar-refractivity contribution < 1.29 is 9.47 Å². The Morgan fingerprint density at radius 2 is 2.29 bits per heavy atom. The maximum atomic E-state index is 5.41. The van der Waals surface area contributed by atoms with Crippen molar-refractivity contribution >= 4 is 16.9 Å². The zero-order valence-electron chi connectivity index (χ0n) is 10.5. The largest absolute Gasteiger partial charge is 0.382 e. The van der Waals surface area contributed by atoms with Gasteiger partial charge in [0.05, 0.1) is 5.54 Å². The molecule has 1 spiro atoms. The van der Waals surface area contributed by atoms with Gasteiger partial charge in [0, 0.05) is 38.7 Å². The van der Waals surface area contributed by atoms with E-state index in [4.69, 9.17) is 9.47 Å². The summed E-state index contributed by atoms with van der Waals surface area (Å²) in [6, 6.07) is 0. The molecule has 0 aliphatic carbocycles. The third kappa shape index (κ3) is 3.86. The van der Waals surface area contributed by atoms with Crippen LogP contribution in [-0.4, -0.2) is 49.4 Å². The van der Waals surface area contributed by atoms with Gasteiger partial charge in [-0.05, 0) is 26.2 Å². The number of aliphatic imine (C=N–C) groups is 1. The molecule has 0 aromatic carbocycles. The first-order valence-electron chi connectivity index (χ1n) is 6.46. The molecule has 2 saturated heterocycles. The number of ether oxygens (including phenoxy) is 2. The zero-order valence-corrected chi connectivity index (χ0v) is 11.4. The summed E-state index contributed by atoms with van der Waals surface area (Å²) >= 11 is 1.85. The Kier molecular flexibility index (Phi) is 5.13. The molecule has 2 rings (SSSR count). The van der Waals surface area contributed by atoms with Crippen LogP contribution >= 0.6 is 11.8 Å². The molecule has 5 heteroatoms. The lowest BCUT2D eigenvalue weighted by Crippen LogP contribution is -2.48. The number of rotatable bonds is 5. The van der Waals surface area contributed by atoms with E-state index in [0.717, 1.165) is 63.2 Å². The fourth-order valence-corrected chi connectivity index (χ4v) is 3.36. The summed E-state index contributed by atoms with van der Waals surface area (Å²) in [5, 5.41) is 4.70. The van der Waals surface area contributed by atoms with E-state index in [2.05, 4.69) is 10.3 Å². The lowest BCUT2D eigenvalue weighted by Gasteiger charge is -2.32. The van der Waals surface area contributed by atoms with Crippen LogP contribution in [-0.2, 0) is 9.47 Å². The smallest absolute Gasteiger partial charge is 0.157 e. The van der Waals surface area contributed by atoms with Crippen LogP contribution in [0.15, 0.2) is 4.99 Å². The van der Waals surface area contributed by atoms with Crippen molar-refractivity contribution in [2.24, 2.45) is 4.99 Å². The first kappa shape index (κ1) is 13.2. The standard InChI is InChI=1S/C12H22N2O2S/c1-2-15-7-3-6-13-11-14-12(10-17-11)4-8-16-9-5-12/h2-10H2,1H3,(H,13,14). The molecular weight excluding hydrogens is 236 g/mol. The van der Waals surface area contributed by atoms with Crippen LogP contribution in [0, 0.1) is 0 Å². The number of nitrogens with zero attached hydrogens (tertiary/aromatic N) is 1. The zero-order chi connectivity index (χ0) is 12.0. The van der Waals surface area contributed by atoms with E-state index in [9.17, 15) is 0 Å². The van der Waals surface area contributed by atoms with Gasteiger partial charge >= 0.3 is 0 Å². The second kappa shape index (κ2) is 6.61. The number of thioether (sulfide) groups is 1. The van der Waals surface area contributed by atoms with E-state index in [-0.39, 0.29) is 5.54 Å². The van der Waals surface area contributed by atoms with E-state index in [1.807, 2.05) is 18.7 Å². The fourth-order valence-electron chi connectivity index (χ4n) is 2.11. The maximum absolute atomic E-state index is 5.41. The molecule has 2 fully saturated rings. The third-order valence-electron chi connectivity index (χ3n) is 3.21. The summed E-state index contributed by atoms with van der Waals surface area (Å²) in [5.41, 5.74) is 0.266. The predicted molar refractivity (Wildman–Crippen MR) is 71.8 cm³/mol. The lowest BCUT2D eigenvalue weighted by molar-refractivity contribution is 0.0555. The number of amidine groups is 1. The van der Waals surface area contributed by atoms with Crippen molar-refractivity contribution in [3.05, 3.63) is 0 Å². The van der Waals surface area contributed by atoms with Crippen LogP contribution in [0.1, 0.15) is 26.2 Å². The Bertz CT molecular complexity index is 265.